The smallest absolute Gasteiger partial charge is 0.224 e. The van der Waals surface area contributed by atoms with Crippen LogP contribution in [0.2, 0.25) is 0 Å². The van der Waals surface area contributed by atoms with Gasteiger partial charge in [-0.1, -0.05) is 31.5 Å². The highest BCUT2D eigenvalue weighted by molar-refractivity contribution is 5.87. The summed E-state index contributed by atoms with van der Waals surface area (Å²) in [5.74, 6) is -0.962. The van der Waals surface area contributed by atoms with Crippen LogP contribution in [0.25, 0.3) is 10.9 Å². The van der Waals surface area contributed by atoms with Gasteiger partial charge in [-0.3, -0.25) is 9.69 Å². The number of fused-ring (bicyclic) bond motifs is 3. The molecule has 8 heteroatoms. The number of hydrogen-bond donors (Lipinski definition) is 1. The van der Waals surface area contributed by atoms with E-state index in [9.17, 15) is 4.79 Å². The van der Waals surface area contributed by atoms with Gasteiger partial charge >= 0.3 is 0 Å². The Kier molecular flexibility index (Phi) is 7.16. The van der Waals surface area contributed by atoms with E-state index in [1.54, 1.807) is 0 Å². The zero-order valence-corrected chi connectivity index (χ0v) is 21.3. The zero-order valence-electron chi connectivity index (χ0n) is 21.3. The second-order valence-corrected chi connectivity index (χ2v) is 10.2. The summed E-state index contributed by atoms with van der Waals surface area (Å²) in [6, 6.07) is 10.9. The zero-order chi connectivity index (χ0) is 26.1. The molecule has 2 atom stereocenters. The number of hydrogen-bond acceptors (Lipinski definition) is 4. The van der Waals surface area contributed by atoms with Gasteiger partial charge in [-0.15, -0.1) is 0 Å². The molecule has 3 aromatic rings. The van der Waals surface area contributed by atoms with Crippen molar-refractivity contribution >= 4 is 16.8 Å². The average molecular weight is 507 g/mol. The van der Waals surface area contributed by atoms with Crippen molar-refractivity contribution in [2.75, 3.05) is 26.2 Å². The van der Waals surface area contributed by atoms with Gasteiger partial charge in [-0.25, -0.2) is 8.78 Å². The first kappa shape index (κ1) is 25.2. The predicted octanol–water partition coefficient (Wildman–Crippen LogP) is 5.33. The van der Waals surface area contributed by atoms with E-state index < -0.39 is 17.7 Å². The van der Waals surface area contributed by atoms with Gasteiger partial charge < -0.3 is 14.6 Å². The van der Waals surface area contributed by atoms with Crippen molar-refractivity contribution in [1.29, 1.82) is 5.26 Å². The van der Waals surface area contributed by atoms with Crippen LogP contribution >= 0.6 is 0 Å². The quantitative estimate of drug-likeness (QED) is 0.448. The molecule has 6 nitrogen and oxygen atoms in total. The highest BCUT2D eigenvalue weighted by Gasteiger charge is 2.41. The number of nitrogens with zero attached hydrogens (tertiary/aromatic N) is 3. The molecule has 3 heterocycles. The highest BCUT2D eigenvalue weighted by atomic mass is 19.1. The Bertz CT molecular complexity index is 1320. The van der Waals surface area contributed by atoms with Gasteiger partial charge in [0.2, 0.25) is 5.91 Å². The number of aromatic nitrogens is 1. The third kappa shape index (κ3) is 4.80. The fourth-order valence-corrected chi connectivity index (χ4v) is 5.74. The van der Waals surface area contributed by atoms with E-state index in [-0.39, 0.29) is 36.1 Å². The van der Waals surface area contributed by atoms with E-state index in [1.165, 1.54) is 17.0 Å². The lowest BCUT2D eigenvalue weighted by molar-refractivity contribution is -0.135. The van der Waals surface area contributed by atoms with E-state index in [0.29, 0.717) is 25.3 Å². The summed E-state index contributed by atoms with van der Waals surface area (Å²) < 4.78 is 37.1. The Labute approximate surface area is 215 Å². The van der Waals surface area contributed by atoms with Gasteiger partial charge in [0.1, 0.15) is 30.0 Å². The number of benzene rings is 2. The molecule has 37 heavy (non-hydrogen) atoms. The molecule has 2 aliphatic rings. The molecule has 194 valence electrons. The standard InChI is InChI=1S/C29H32F2N4O2/c1-3-19-16-34(17-19)11-12-37-20-14-23(30)27(24(31)15-20)29-28-22(21-7-4-5-8-25(21)33-28)13-18(2)35(29)26(36)9-6-10-32/h4-5,7-8,14-15,18-19,29,33H,3,6,9,11-13,16-17H2,1-2H3/t18-,29-/m1/s1. The summed E-state index contributed by atoms with van der Waals surface area (Å²) in [6.45, 7) is 7.18. The van der Waals surface area contributed by atoms with Crippen LogP contribution in [0.5, 0.6) is 5.75 Å². The topological polar surface area (TPSA) is 72.4 Å². The first-order chi connectivity index (χ1) is 17.9. The van der Waals surface area contributed by atoms with Gasteiger partial charge in [-0.2, -0.15) is 5.26 Å². The lowest BCUT2D eigenvalue weighted by Crippen LogP contribution is -2.47. The Balaban J connectivity index is 1.47. The summed E-state index contributed by atoms with van der Waals surface area (Å²) in [4.78, 5) is 20.4. The van der Waals surface area contributed by atoms with Crippen LogP contribution in [0.1, 0.15) is 56.0 Å². The van der Waals surface area contributed by atoms with Gasteiger partial charge in [0, 0.05) is 67.2 Å². The Morgan fingerprint density at radius 2 is 1.95 bits per heavy atom. The van der Waals surface area contributed by atoms with Gasteiger partial charge in [0.05, 0.1) is 11.6 Å². The number of likely N-dealkylation sites (tertiary alicyclic amines) is 1. The monoisotopic (exact) mass is 506 g/mol. The van der Waals surface area contributed by atoms with Gasteiger partial charge in [-0.05, 0) is 30.9 Å². The van der Waals surface area contributed by atoms with Crippen LogP contribution in [0, 0.1) is 28.9 Å². The second kappa shape index (κ2) is 10.5. The third-order valence-corrected chi connectivity index (χ3v) is 7.72. The molecule has 2 aliphatic heterocycles. The molecule has 0 spiro atoms. The Hall–Kier alpha value is -3.44. The molecule has 0 bridgehead atoms. The number of nitrogens with one attached hydrogen (secondary N) is 1. The molecule has 0 saturated carbocycles. The summed E-state index contributed by atoms with van der Waals surface area (Å²) in [5, 5.41) is 10.0. The fourth-order valence-electron chi connectivity index (χ4n) is 5.74. The fraction of sp³-hybridized carbons (Fsp3) is 0.448. The van der Waals surface area contributed by atoms with Crippen molar-refractivity contribution < 1.29 is 18.3 Å². The van der Waals surface area contributed by atoms with E-state index in [1.807, 2.05) is 37.3 Å². The van der Waals surface area contributed by atoms with Gasteiger partial charge in [0.15, 0.2) is 0 Å². The van der Waals surface area contributed by atoms with E-state index >= 15 is 8.78 Å². The normalized spacial score (nSPS) is 19.9. The van der Waals surface area contributed by atoms with E-state index in [2.05, 4.69) is 16.8 Å². The molecule has 1 fully saturated rings. The number of carbonyl (C=O) groups excluding carboxylic acids is 1. The number of nitriles is 1. The Morgan fingerprint density at radius 1 is 1.22 bits per heavy atom. The lowest BCUT2D eigenvalue weighted by atomic mass is 9.87. The molecular weight excluding hydrogens is 474 g/mol. The van der Waals surface area contributed by atoms with Crippen molar-refractivity contribution in [1.82, 2.24) is 14.8 Å². The number of amides is 1. The minimum absolute atomic E-state index is 0.00722. The number of ether oxygens (including phenoxy) is 1. The first-order valence-electron chi connectivity index (χ1n) is 13.0. The van der Waals surface area contributed by atoms with Gasteiger partial charge in [0.25, 0.3) is 0 Å². The average Bonchev–Trinajstić information content (AvgIpc) is 3.21. The minimum Gasteiger partial charge on any atom is -0.492 e. The molecule has 1 saturated heterocycles. The van der Waals surface area contributed by atoms with E-state index in [0.717, 1.165) is 41.9 Å². The van der Waals surface area contributed by atoms with E-state index in [4.69, 9.17) is 10.00 Å². The molecule has 0 aliphatic carbocycles. The summed E-state index contributed by atoms with van der Waals surface area (Å²) in [7, 11) is 0. The SMILES string of the molecule is CCC1CN(CCOc2cc(F)c([C@@H]3c4[nH]c5ccccc5c4C[C@@H](C)N3C(=O)CCC#N)c(F)c2)C1. The number of rotatable bonds is 8. The maximum absolute atomic E-state index is 15.7. The molecule has 1 aromatic heterocycles. The van der Waals surface area contributed by atoms with Crippen LogP contribution in [0.15, 0.2) is 36.4 Å². The first-order valence-corrected chi connectivity index (χ1v) is 13.0. The van der Waals surface area contributed by atoms with Crippen LogP contribution in [-0.2, 0) is 11.2 Å². The molecule has 0 radical (unpaired) electrons. The number of carbonyl (C=O) groups is 1. The molecule has 0 unspecified atom stereocenters. The van der Waals surface area contributed by atoms with Crippen LogP contribution in [0.4, 0.5) is 8.78 Å². The second-order valence-electron chi connectivity index (χ2n) is 10.2. The van der Waals surface area contributed by atoms with Crippen molar-refractivity contribution in [3.8, 4) is 11.8 Å². The largest absolute Gasteiger partial charge is 0.492 e. The van der Waals surface area contributed by atoms with Crippen LogP contribution in [-0.4, -0.2) is 53.0 Å². The van der Waals surface area contributed by atoms with Crippen molar-refractivity contribution in [2.24, 2.45) is 5.92 Å². The van der Waals surface area contributed by atoms with Crippen LogP contribution < -0.4 is 4.74 Å². The molecular formula is C29H32F2N4O2. The predicted molar refractivity (Wildman–Crippen MR) is 137 cm³/mol. The molecule has 5 rings (SSSR count). The number of aromatic amines is 1. The number of H-pyrrole nitrogens is 1. The third-order valence-electron chi connectivity index (χ3n) is 7.72. The minimum atomic E-state index is -0.974. The van der Waals surface area contributed by atoms with Crippen molar-refractivity contribution in [2.45, 2.75) is 51.6 Å². The van der Waals surface area contributed by atoms with Crippen molar-refractivity contribution in [3.05, 3.63) is 64.9 Å². The maximum Gasteiger partial charge on any atom is 0.224 e. The summed E-state index contributed by atoms with van der Waals surface area (Å²) in [6.07, 6.45) is 1.74. The lowest BCUT2D eigenvalue weighted by Gasteiger charge is -2.41. The molecule has 1 N–H and O–H groups in total. The maximum atomic E-state index is 15.7. The molecule has 1 amide bonds. The van der Waals surface area contributed by atoms with Crippen molar-refractivity contribution in [3.63, 3.8) is 0 Å². The van der Waals surface area contributed by atoms with Crippen LogP contribution in [0.3, 0.4) is 0 Å². The summed E-state index contributed by atoms with van der Waals surface area (Å²) in [5.41, 5.74) is 2.23. The summed E-state index contributed by atoms with van der Waals surface area (Å²) >= 11 is 0. The number of halogens is 2. The highest BCUT2D eigenvalue weighted by Crippen LogP contribution is 2.43. The molecule has 2 aromatic carbocycles. The Morgan fingerprint density at radius 3 is 2.65 bits per heavy atom. The number of para-hydroxylation sites is 1.